The summed E-state index contributed by atoms with van der Waals surface area (Å²) in [5, 5.41) is 0. The van der Waals surface area contributed by atoms with E-state index in [1.807, 2.05) is 0 Å². The standard InChI is InChI=1S/C16H28ClNO/c1-16(2)10-4-3-9-14(16)15(19)18-12-6-8-13(18)7-5-11-17/h13-14H,3-12H2,1-2H3. The summed E-state index contributed by atoms with van der Waals surface area (Å²) in [5.74, 6) is 1.40. The van der Waals surface area contributed by atoms with E-state index < -0.39 is 0 Å². The van der Waals surface area contributed by atoms with Gasteiger partial charge in [-0.1, -0.05) is 26.7 Å². The number of amides is 1. The van der Waals surface area contributed by atoms with Crippen molar-refractivity contribution in [3.8, 4) is 0 Å². The van der Waals surface area contributed by atoms with Crippen molar-refractivity contribution in [1.82, 2.24) is 4.90 Å². The predicted octanol–water partition coefficient (Wildman–Crippen LogP) is 4.21. The van der Waals surface area contributed by atoms with Crippen LogP contribution in [0.15, 0.2) is 0 Å². The molecule has 1 aliphatic heterocycles. The number of alkyl halides is 1. The van der Waals surface area contributed by atoms with Gasteiger partial charge in [0.15, 0.2) is 0 Å². The van der Waals surface area contributed by atoms with Gasteiger partial charge in [-0.3, -0.25) is 4.79 Å². The van der Waals surface area contributed by atoms with Gasteiger partial charge in [0.2, 0.25) is 5.91 Å². The molecular weight excluding hydrogens is 258 g/mol. The molecule has 2 nitrogen and oxygen atoms in total. The lowest BCUT2D eigenvalue weighted by Gasteiger charge is -2.40. The van der Waals surface area contributed by atoms with Crippen LogP contribution in [0.25, 0.3) is 0 Å². The number of halogens is 1. The van der Waals surface area contributed by atoms with Crippen LogP contribution in [0.2, 0.25) is 0 Å². The Morgan fingerprint density at radius 2 is 2.05 bits per heavy atom. The van der Waals surface area contributed by atoms with Crippen molar-refractivity contribution in [1.29, 1.82) is 0 Å². The maximum Gasteiger partial charge on any atom is 0.226 e. The first-order chi connectivity index (χ1) is 9.06. The zero-order valence-electron chi connectivity index (χ0n) is 12.5. The Labute approximate surface area is 122 Å². The molecule has 2 fully saturated rings. The third-order valence-corrected chi connectivity index (χ3v) is 5.40. The summed E-state index contributed by atoms with van der Waals surface area (Å²) in [4.78, 5) is 15.1. The predicted molar refractivity (Wildman–Crippen MR) is 80.4 cm³/mol. The summed E-state index contributed by atoms with van der Waals surface area (Å²) >= 11 is 5.80. The van der Waals surface area contributed by atoms with Crippen molar-refractivity contribution in [2.45, 2.75) is 71.3 Å². The molecular formula is C16H28ClNO. The molecule has 0 aromatic carbocycles. The molecule has 1 amide bonds. The monoisotopic (exact) mass is 285 g/mol. The van der Waals surface area contributed by atoms with E-state index in [1.165, 1.54) is 32.1 Å². The lowest BCUT2D eigenvalue weighted by molar-refractivity contribution is -0.142. The van der Waals surface area contributed by atoms with Gasteiger partial charge in [0.05, 0.1) is 0 Å². The highest BCUT2D eigenvalue weighted by Crippen LogP contribution is 2.42. The van der Waals surface area contributed by atoms with Crippen LogP contribution in [0, 0.1) is 11.3 Å². The molecule has 1 saturated heterocycles. The maximum absolute atomic E-state index is 12.9. The molecule has 110 valence electrons. The van der Waals surface area contributed by atoms with E-state index in [0.29, 0.717) is 17.8 Å². The van der Waals surface area contributed by atoms with Crippen LogP contribution in [0.4, 0.5) is 0 Å². The number of rotatable bonds is 4. The van der Waals surface area contributed by atoms with Crippen molar-refractivity contribution in [3.63, 3.8) is 0 Å². The third kappa shape index (κ3) is 3.45. The molecule has 0 aromatic heterocycles. The van der Waals surface area contributed by atoms with Gasteiger partial charge in [0.1, 0.15) is 0 Å². The van der Waals surface area contributed by atoms with Gasteiger partial charge in [-0.25, -0.2) is 0 Å². The van der Waals surface area contributed by atoms with Crippen molar-refractivity contribution in [3.05, 3.63) is 0 Å². The molecule has 0 bridgehead atoms. The highest BCUT2D eigenvalue weighted by atomic mass is 35.5. The first kappa shape index (κ1) is 15.2. The fourth-order valence-corrected chi connectivity index (χ4v) is 4.05. The topological polar surface area (TPSA) is 20.3 Å². The zero-order valence-corrected chi connectivity index (χ0v) is 13.2. The number of nitrogens with zero attached hydrogens (tertiary/aromatic N) is 1. The minimum absolute atomic E-state index is 0.189. The highest BCUT2D eigenvalue weighted by molar-refractivity contribution is 6.17. The van der Waals surface area contributed by atoms with E-state index in [-0.39, 0.29) is 11.3 Å². The van der Waals surface area contributed by atoms with Gasteiger partial charge in [0.25, 0.3) is 0 Å². The molecule has 0 spiro atoms. The summed E-state index contributed by atoms with van der Waals surface area (Å²) in [5.41, 5.74) is 0.189. The van der Waals surface area contributed by atoms with E-state index in [0.717, 1.165) is 25.8 Å². The molecule has 1 aliphatic carbocycles. The molecule has 0 aromatic rings. The van der Waals surface area contributed by atoms with Crippen molar-refractivity contribution >= 4 is 17.5 Å². The number of hydrogen-bond acceptors (Lipinski definition) is 1. The van der Waals surface area contributed by atoms with Crippen LogP contribution in [0.3, 0.4) is 0 Å². The summed E-state index contributed by atoms with van der Waals surface area (Å²) in [6, 6.07) is 0.462. The number of likely N-dealkylation sites (tertiary alicyclic amines) is 1. The van der Waals surface area contributed by atoms with E-state index in [9.17, 15) is 4.79 Å². The van der Waals surface area contributed by atoms with Crippen LogP contribution in [0.1, 0.15) is 65.2 Å². The van der Waals surface area contributed by atoms with Gasteiger partial charge in [-0.05, 0) is 43.9 Å². The molecule has 2 atom stereocenters. The summed E-state index contributed by atoms with van der Waals surface area (Å²) in [7, 11) is 0. The molecule has 2 unspecified atom stereocenters. The first-order valence-electron chi connectivity index (χ1n) is 7.93. The molecule has 0 radical (unpaired) electrons. The van der Waals surface area contributed by atoms with Gasteiger partial charge in [0, 0.05) is 24.4 Å². The van der Waals surface area contributed by atoms with E-state index in [2.05, 4.69) is 18.7 Å². The minimum atomic E-state index is 0.189. The van der Waals surface area contributed by atoms with Crippen molar-refractivity contribution < 1.29 is 4.79 Å². The van der Waals surface area contributed by atoms with Gasteiger partial charge >= 0.3 is 0 Å². The van der Waals surface area contributed by atoms with Crippen LogP contribution in [-0.4, -0.2) is 29.3 Å². The Bertz CT molecular complexity index is 316. The largest absolute Gasteiger partial charge is 0.339 e. The average Bonchev–Trinajstić information content (AvgIpc) is 2.83. The molecule has 1 heterocycles. The van der Waals surface area contributed by atoms with E-state index >= 15 is 0 Å². The molecule has 3 heteroatoms. The highest BCUT2D eigenvalue weighted by Gasteiger charge is 2.41. The number of carbonyl (C=O) groups is 1. The quantitative estimate of drug-likeness (QED) is 0.709. The van der Waals surface area contributed by atoms with Crippen LogP contribution < -0.4 is 0 Å². The SMILES string of the molecule is CC1(C)CCCCC1C(=O)N1CCCC1CCCCl. The fourth-order valence-electron chi connectivity index (χ4n) is 3.89. The molecule has 0 N–H and O–H groups in total. The lowest BCUT2D eigenvalue weighted by Crippen LogP contribution is -2.45. The van der Waals surface area contributed by atoms with Crippen LogP contribution in [-0.2, 0) is 4.79 Å². The fraction of sp³-hybridized carbons (Fsp3) is 0.938. The number of carbonyl (C=O) groups excluding carboxylic acids is 1. The van der Waals surface area contributed by atoms with Crippen molar-refractivity contribution in [2.24, 2.45) is 11.3 Å². The van der Waals surface area contributed by atoms with Crippen molar-refractivity contribution in [2.75, 3.05) is 12.4 Å². The van der Waals surface area contributed by atoms with E-state index in [4.69, 9.17) is 11.6 Å². The van der Waals surface area contributed by atoms with E-state index in [1.54, 1.807) is 0 Å². The molecule has 1 saturated carbocycles. The second-order valence-electron chi connectivity index (χ2n) is 6.95. The normalized spacial score (nSPS) is 30.6. The maximum atomic E-state index is 12.9. The third-order valence-electron chi connectivity index (χ3n) is 5.14. The Hall–Kier alpha value is -0.240. The average molecular weight is 286 g/mol. The van der Waals surface area contributed by atoms with Gasteiger partial charge < -0.3 is 4.90 Å². The molecule has 2 rings (SSSR count). The number of hydrogen-bond donors (Lipinski definition) is 0. The summed E-state index contributed by atoms with van der Waals surface area (Å²) in [6.45, 7) is 5.52. The Morgan fingerprint density at radius 1 is 1.26 bits per heavy atom. The second kappa shape index (κ2) is 6.47. The summed E-state index contributed by atoms with van der Waals surface area (Å²) < 4.78 is 0. The first-order valence-corrected chi connectivity index (χ1v) is 8.46. The molecule has 2 aliphatic rings. The Kier molecular flexibility index (Phi) is 5.16. The van der Waals surface area contributed by atoms with Crippen LogP contribution >= 0.6 is 11.6 Å². The molecule has 19 heavy (non-hydrogen) atoms. The van der Waals surface area contributed by atoms with Gasteiger partial charge in [-0.2, -0.15) is 0 Å². The second-order valence-corrected chi connectivity index (χ2v) is 7.32. The lowest BCUT2D eigenvalue weighted by atomic mass is 9.68. The van der Waals surface area contributed by atoms with Crippen LogP contribution in [0.5, 0.6) is 0 Å². The smallest absolute Gasteiger partial charge is 0.226 e. The van der Waals surface area contributed by atoms with Gasteiger partial charge in [-0.15, -0.1) is 11.6 Å². The minimum Gasteiger partial charge on any atom is -0.339 e. The Balaban J connectivity index is 2.01. The zero-order chi connectivity index (χ0) is 13.9. The summed E-state index contributed by atoms with van der Waals surface area (Å²) in [6.07, 6.45) is 9.26. The Morgan fingerprint density at radius 3 is 2.74 bits per heavy atom.